The number of allylic oxidation sites excluding steroid dienone is 1. The van der Waals surface area contributed by atoms with Gasteiger partial charge in [-0.25, -0.2) is 4.39 Å². The third-order valence-electron chi connectivity index (χ3n) is 12.1. The summed E-state index contributed by atoms with van der Waals surface area (Å²) < 4.78 is 16.2. The van der Waals surface area contributed by atoms with Gasteiger partial charge in [-0.2, -0.15) is 0 Å². The Morgan fingerprint density at radius 2 is 1.84 bits per heavy atom. The Kier molecular flexibility index (Phi) is 6.48. The number of halogens is 1. The van der Waals surface area contributed by atoms with E-state index in [0.29, 0.717) is 5.92 Å². The second-order valence-electron chi connectivity index (χ2n) is 14.2. The molecule has 11 heteroatoms. The number of aliphatic hydroxyl groups excluding tert-OH is 2. The van der Waals surface area contributed by atoms with Crippen LogP contribution in [0.5, 0.6) is 5.75 Å². The molecule has 1 amide bonds. The molecule has 5 aliphatic carbocycles. The van der Waals surface area contributed by atoms with Gasteiger partial charge in [0.05, 0.1) is 11.6 Å². The van der Waals surface area contributed by atoms with Crippen molar-refractivity contribution in [2.45, 2.75) is 77.1 Å². The molecule has 6 rings (SSSR count). The smallest absolute Gasteiger partial charge is 0.255 e. The van der Waals surface area contributed by atoms with Gasteiger partial charge in [-0.1, -0.05) is 20.8 Å². The number of carbonyl (C=O) groups excluding carboxylic acids is 3. The van der Waals surface area contributed by atoms with E-state index in [-0.39, 0.29) is 58.5 Å². The molecule has 2 fully saturated rings. The predicted molar refractivity (Wildman–Crippen MR) is 153 cm³/mol. The highest BCUT2D eigenvalue weighted by Gasteiger charge is 2.64. The molecule has 7 N–H and O–H groups in total. The van der Waals surface area contributed by atoms with Crippen LogP contribution in [-0.2, 0) is 22.6 Å². The number of hydrogen-bond acceptors (Lipinski definition) is 9. The number of Topliss-reactive ketones (excluding diaryl/α,β-unsaturated/α-hetero) is 2. The molecule has 43 heavy (non-hydrogen) atoms. The molecular weight excluding hydrogens is 557 g/mol. The van der Waals surface area contributed by atoms with Gasteiger partial charge in [0.15, 0.2) is 11.4 Å². The molecule has 7 atom stereocenters. The maximum absolute atomic E-state index is 16.2. The highest BCUT2D eigenvalue weighted by Crippen LogP contribution is 2.65. The molecule has 0 radical (unpaired) electrons. The molecular formula is C32H40FN3O7. The van der Waals surface area contributed by atoms with Crippen LogP contribution in [-0.4, -0.2) is 74.6 Å². The van der Waals surface area contributed by atoms with Crippen LogP contribution in [0.1, 0.15) is 67.9 Å². The van der Waals surface area contributed by atoms with E-state index in [1.54, 1.807) is 14.1 Å². The Labute approximate surface area is 249 Å². The van der Waals surface area contributed by atoms with Crippen LogP contribution in [0.3, 0.4) is 0 Å². The Morgan fingerprint density at radius 1 is 1.16 bits per heavy atom. The zero-order valence-electron chi connectivity index (χ0n) is 25.1. The number of nitrogens with two attached hydrogens (primary N) is 1. The van der Waals surface area contributed by atoms with Crippen LogP contribution in [0.15, 0.2) is 28.7 Å². The Morgan fingerprint density at radius 3 is 2.40 bits per heavy atom. The van der Waals surface area contributed by atoms with Gasteiger partial charge in [0.1, 0.15) is 28.7 Å². The molecule has 1 aromatic rings. The number of carbonyl (C=O) groups is 3. The van der Waals surface area contributed by atoms with Crippen molar-refractivity contribution in [2.24, 2.45) is 34.3 Å². The molecule has 3 unspecified atom stereocenters. The minimum absolute atomic E-state index is 0.00871. The fraction of sp³-hybridized carbons (Fsp3) is 0.594. The first-order valence-electron chi connectivity index (χ1n) is 14.9. The molecule has 1 aromatic carbocycles. The highest BCUT2D eigenvalue weighted by atomic mass is 19.1. The summed E-state index contributed by atoms with van der Waals surface area (Å²) in [6.45, 7) is 7.02. The largest absolute Gasteiger partial charge is 0.510 e. The van der Waals surface area contributed by atoms with Gasteiger partial charge in [0, 0.05) is 35.2 Å². The summed E-state index contributed by atoms with van der Waals surface area (Å²) in [6.07, 6.45) is 3.08. The molecule has 0 aliphatic heterocycles. The summed E-state index contributed by atoms with van der Waals surface area (Å²) in [5.74, 6) is -7.59. The van der Waals surface area contributed by atoms with E-state index in [9.17, 15) is 34.8 Å². The van der Waals surface area contributed by atoms with Crippen molar-refractivity contribution in [2.75, 3.05) is 14.1 Å². The zero-order valence-corrected chi connectivity index (χ0v) is 25.1. The van der Waals surface area contributed by atoms with Crippen molar-refractivity contribution in [1.29, 1.82) is 0 Å². The maximum Gasteiger partial charge on any atom is 0.255 e. The number of phenols is 1. The topological polar surface area (TPSA) is 173 Å². The van der Waals surface area contributed by atoms with Crippen LogP contribution >= 0.6 is 0 Å². The average molecular weight is 598 g/mol. The van der Waals surface area contributed by atoms with Crippen LogP contribution in [0.25, 0.3) is 0 Å². The molecule has 5 aliphatic rings. The minimum atomic E-state index is -2.73. The van der Waals surface area contributed by atoms with Crippen LogP contribution in [0.4, 0.5) is 4.39 Å². The first-order chi connectivity index (χ1) is 20.0. The molecule has 2 saturated carbocycles. The van der Waals surface area contributed by atoms with Crippen molar-refractivity contribution < 1.29 is 39.2 Å². The van der Waals surface area contributed by atoms with E-state index in [4.69, 9.17) is 5.73 Å². The Hall–Kier alpha value is -3.28. The first-order valence-corrected chi connectivity index (χ1v) is 14.9. The number of hydrogen-bond donors (Lipinski definition) is 6. The van der Waals surface area contributed by atoms with Gasteiger partial charge in [0.25, 0.3) is 5.91 Å². The van der Waals surface area contributed by atoms with Crippen molar-refractivity contribution >= 4 is 17.5 Å². The highest BCUT2D eigenvalue weighted by molar-refractivity contribution is 6.24. The first kappa shape index (κ1) is 29.8. The lowest BCUT2D eigenvalue weighted by atomic mass is 9.58. The molecule has 232 valence electrons. The number of primary amides is 1. The predicted octanol–water partition coefficient (Wildman–Crippen LogP) is 2.56. The summed E-state index contributed by atoms with van der Waals surface area (Å²) in [5.41, 5.74) is 1.59. The third kappa shape index (κ3) is 3.70. The molecule has 0 saturated heterocycles. The lowest BCUT2D eigenvalue weighted by Gasteiger charge is -2.50. The lowest BCUT2D eigenvalue weighted by molar-refractivity contribution is -0.148. The summed E-state index contributed by atoms with van der Waals surface area (Å²) in [5, 5.41) is 48.5. The Balaban J connectivity index is 1.37. The molecule has 10 nitrogen and oxygen atoms in total. The number of likely N-dealkylation sites (N-methyl/N-ethyl adjacent to an activating group) is 1. The van der Waals surface area contributed by atoms with Gasteiger partial charge >= 0.3 is 0 Å². The van der Waals surface area contributed by atoms with Gasteiger partial charge in [-0.3, -0.25) is 19.3 Å². The van der Waals surface area contributed by atoms with E-state index in [2.05, 4.69) is 26.1 Å². The molecule has 0 aromatic heterocycles. The van der Waals surface area contributed by atoms with Gasteiger partial charge in [0.2, 0.25) is 5.78 Å². The molecule has 0 spiro atoms. The zero-order chi connectivity index (χ0) is 31.5. The monoisotopic (exact) mass is 597 g/mol. The third-order valence-corrected chi connectivity index (χ3v) is 12.1. The van der Waals surface area contributed by atoms with Gasteiger partial charge in [-0.15, -0.1) is 0 Å². The second kappa shape index (κ2) is 9.36. The summed E-state index contributed by atoms with van der Waals surface area (Å²) in [6, 6.07) is 0.296. The minimum Gasteiger partial charge on any atom is -0.510 e. The average Bonchev–Trinajstić information content (AvgIpc) is 3.25. The van der Waals surface area contributed by atoms with Crippen LogP contribution < -0.4 is 11.1 Å². The SMILES string of the molecule is CN(C)[C@@H]1C(O)=C(C(N)=O)C(=O)[C@@]2(O)C(O)=C3C(=O)c4c(O)cc(CNC5CC6CCC5(C)C6(C)C)c(F)c4C[C@H]3C[C@@H]12. The number of aliphatic hydroxyl groups is 3. The van der Waals surface area contributed by atoms with Crippen LogP contribution in [0.2, 0.25) is 0 Å². The fourth-order valence-corrected chi connectivity index (χ4v) is 9.23. The molecule has 2 bridgehead atoms. The number of nitrogens with one attached hydrogen (secondary N) is 1. The number of aromatic hydroxyl groups is 1. The van der Waals surface area contributed by atoms with E-state index < -0.39 is 69.6 Å². The summed E-state index contributed by atoms with van der Waals surface area (Å²) in [7, 11) is 3.12. The van der Waals surface area contributed by atoms with E-state index in [1.165, 1.54) is 17.4 Å². The van der Waals surface area contributed by atoms with E-state index in [1.807, 2.05) is 0 Å². The number of rotatable bonds is 5. The van der Waals surface area contributed by atoms with Crippen molar-refractivity contribution in [1.82, 2.24) is 10.2 Å². The normalized spacial score (nSPS) is 36.2. The van der Waals surface area contributed by atoms with Gasteiger partial charge < -0.3 is 31.5 Å². The maximum atomic E-state index is 16.2. The number of nitrogens with zero attached hydrogens (tertiary/aromatic N) is 1. The fourth-order valence-electron chi connectivity index (χ4n) is 9.23. The van der Waals surface area contributed by atoms with Crippen LogP contribution in [0, 0.1) is 34.4 Å². The van der Waals surface area contributed by atoms with E-state index >= 15 is 4.39 Å². The van der Waals surface area contributed by atoms with Crippen molar-refractivity contribution in [3.8, 4) is 5.75 Å². The summed E-state index contributed by atoms with van der Waals surface area (Å²) in [4.78, 5) is 40.8. The lowest BCUT2D eigenvalue weighted by Crippen LogP contribution is -2.63. The van der Waals surface area contributed by atoms with Gasteiger partial charge in [-0.05, 0) is 74.9 Å². The summed E-state index contributed by atoms with van der Waals surface area (Å²) >= 11 is 0. The second-order valence-corrected chi connectivity index (χ2v) is 14.2. The number of ketones is 2. The Bertz CT molecular complexity index is 1550. The number of amides is 1. The van der Waals surface area contributed by atoms with Crippen molar-refractivity contribution in [3.05, 3.63) is 51.2 Å². The quantitative estimate of drug-likeness (QED) is 0.279. The number of fused-ring (bicyclic) bond motifs is 5. The number of benzene rings is 1. The van der Waals surface area contributed by atoms with Crippen molar-refractivity contribution in [3.63, 3.8) is 0 Å². The van der Waals surface area contributed by atoms with E-state index in [0.717, 1.165) is 12.8 Å². The standard InChI is InChI=1S/C32H40FN3O7/c1-30(2)15-6-7-31(30,3)19(11-15)35-12-14-10-18(37)21-16(23(14)33)8-13-9-17-24(36(4)5)26(39)22(29(34)42)28(41)32(17,43)27(40)20(13)25(21)38/h10,13,15,17,19,24,35,37,39-40,43H,6-9,11-12H2,1-5H3,(H2,34,42)/t13-,15?,17-,19?,24-,31?,32-/m0/s1. The molecule has 0 heterocycles. The number of phenolic OH excluding ortho intramolecular Hbond substituents is 1.